The molecule has 1 N–H and O–H groups in total. The molecule has 1 aromatic carbocycles. The van der Waals surface area contributed by atoms with E-state index >= 15 is 0 Å². The van der Waals surface area contributed by atoms with Crippen molar-refractivity contribution in [3.8, 4) is 0 Å². The molecule has 0 bridgehead atoms. The minimum Gasteiger partial charge on any atom is -0.465 e. The third kappa shape index (κ3) is 1.61. The molecule has 3 nitrogen and oxygen atoms in total. The molecule has 1 aliphatic heterocycles. The quantitative estimate of drug-likeness (QED) is 0.806. The Kier molecular flexibility index (Phi) is 2.70. The van der Waals surface area contributed by atoms with Gasteiger partial charge < -0.3 is 10.1 Å². The first-order valence-corrected chi connectivity index (χ1v) is 5.92. The van der Waals surface area contributed by atoms with Gasteiger partial charge in [-0.05, 0) is 33.6 Å². The maximum Gasteiger partial charge on any atom is 0.339 e. The van der Waals surface area contributed by atoms with Crippen molar-refractivity contribution in [1.29, 1.82) is 0 Å². The molecule has 0 unspecified atom stereocenters. The predicted molar refractivity (Wildman–Crippen MR) is 67.0 cm³/mol. The molecule has 0 aliphatic carbocycles. The third-order valence-electron chi connectivity index (χ3n) is 2.94. The van der Waals surface area contributed by atoms with Crippen LogP contribution in [0.1, 0.15) is 29.8 Å². The van der Waals surface area contributed by atoms with Gasteiger partial charge in [0.15, 0.2) is 0 Å². The van der Waals surface area contributed by atoms with Crippen molar-refractivity contribution < 1.29 is 9.53 Å². The summed E-state index contributed by atoms with van der Waals surface area (Å²) in [6.45, 7) is 5.07. The zero-order valence-corrected chi connectivity index (χ0v) is 11.1. The molecular weight excluding hydrogens is 270 g/mol. The summed E-state index contributed by atoms with van der Waals surface area (Å²) in [6, 6.07) is 3.86. The van der Waals surface area contributed by atoms with Crippen molar-refractivity contribution in [2.24, 2.45) is 0 Å². The average Bonchev–Trinajstić information content (AvgIpc) is 2.54. The molecule has 16 heavy (non-hydrogen) atoms. The maximum atomic E-state index is 11.8. The number of hydrogen-bond acceptors (Lipinski definition) is 3. The minimum atomic E-state index is -0.291. The number of carbonyl (C=O) groups excluding carboxylic acids is 1. The van der Waals surface area contributed by atoms with Gasteiger partial charge in [0.25, 0.3) is 0 Å². The third-order valence-corrected chi connectivity index (χ3v) is 3.60. The number of anilines is 1. The Morgan fingerprint density at radius 3 is 2.81 bits per heavy atom. The van der Waals surface area contributed by atoms with Gasteiger partial charge in [-0.2, -0.15) is 0 Å². The van der Waals surface area contributed by atoms with Crippen molar-refractivity contribution in [2.75, 3.05) is 19.0 Å². The summed E-state index contributed by atoms with van der Waals surface area (Å²) in [5.41, 5.74) is 2.64. The number of esters is 1. The van der Waals surface area contributed by atoms with Crippen LogP contribution in [0.25, 0.3) is 0 Å². The average molecular weight is 284 g/mol. The molecule has 0 amide bonds. The Labute approximate surface area is 103 Å². The van der Waals surface area contributed by atoms with Crippen LogP contribution in [0, 0.1) is 0 Å². The number of rotatable bonds is 1. The number of halogens is 1. The highest BCUT2D eigenvalue weighted by molar-refractivity contribution is 9.10. The SMILES string of the molecule is COC(=O)c1c(Br)ccc2c1C(C)(C)CN2. The van der Waals surface area contributed by atoms with E-state index < -0.39 is 0 Å². The lowest BCUT2D eigenvalue weighted by Gasteiger charge is -2.20. The summed E-state index contributed by atoms with van der Waals surface area (Å²) in [5.74, 6) is -0.291. The van der Waals surface area contributed by atoms with Gasteiger partial charge in [0, 0.05) is 22.1 Å². The van der Waals surface area contributed by atoms with Crippen LogP contribution in [0.5, 0.6) is 0 Å². The van der Waals surface area contributed by atoms with E-state index in [0.717, 1.165) is 22.3 Å². The summed E-state index contributed by atoms with van der Waals surface area (Å²) in [5, 5.41) is 3.31. The molecule has 1 aliphatic rings. The molecule has 0 aromatic heterocycles. The second-order valence-electron chi connectivity index (χ2n) is 4.57. The van der Waals surface area contributed by atoms with E-state index in [4.69, 9.17) is 4.74 Å². The number of hydrogen-bond donors (Lipinski definition) is 1. The van der Waals surface area contributed by atoms with Crippen LogP contribution in [0.4, 0.5) is 5.69 Å². The zero-order chi connectivity index (χ0) is 11.9. The van der Waals surface area contributed by atoms with Crippen LogP contribution in [-0.2, 0) is 10.2 Å². The first-order chi connectivity index (χ1) is 7.47. The first kappa shape index (κ1) is 11.5. The summed E-state index contributed by atoms with van der Waals surface area (Å²) in [6.07, 6.45) is 0. The lowest BCUT2D eigenvalue weighted by atomic mass is 9.84. The molecule has 1 aromatic rings. The van der Waals surface area contributed by atoms with Gasteiger partial charge in [-0.3, -0.25) is 0 Å². The number of fused-ring (bicyclic) bond motifs is 1. The Morgan fingerprint density at radius 1 is 1.50 bits per heavy atom. The van der Waals surface area contributed by atoms with E-state index in [9.17, 15) is 4.79 Å². The first-order valence-electron chi connectivity index (χ1n) is 5.12. The maximum absolute atomic E-state index is 11.8. The lowest BCUT2D eigenvalue weighted by molar-refractivity contribution is 0.0597. The van der Waals surface area contributed by atoms with E-state index in [0.29, 0.717) is 5.56 Å². The number of carbonyl (C=O) groups is 1. The highest BCUT2D eigenvalue weighted by Gasteiger charge is 2.35. The lowest BCUT2D eigenvalue weighted by Crippen LogP contribution is -2.22. The Bertz CT molecular complexity index is 455. The van der Waals surface area contributed by atoms with Crippen LogP contribution in [0.15, 0.2) is 16.6 Å². The highest BCUT2D eigenvalue weighted by Crippen LogP contribution is 2.41. The standard InChI is InChI=1S/C12H14BrNO2/c1-12(2)6-14-8-5-4-7(13)9(10(8)12)11(15)16-3/h4-5,14H,6H2,1-3H3. The monoisotopic (exact) mass is 283 g/mol. The van der Waals surface area contributed by atoms with Gasteiger partial charge in [-0.25, -0.2) is 4.79 Å². The van der Waals surface area contributed by atoms with Gasteiger partial charge in [0.05, 0.1) is 12.7 Å². The molecule has 86 valence electrons. The van der Waals surface area contributed by atoms with Gasteiger partial charge in [0.2, 0.25) is 0 Å². The van der Waals surface area contributed by atoms with E-state index in [1.165, 1.54) is 7.11 Å². The molecule has 4 heteroatoms. The number of methoxy groups -OCH3 is 1. The fourth-order valence-electron chi connectivity index (χ4n) is 2.13. The molecule has 0 saturated heterocycles. The normalized spacial score (nSPS) is 16.5. The smallest absolute Gasteiger partial charge is 0.339 e. The van der Waals surface area contributed by atoms with Gasteiger partial charge in [0.1, 0.15) is 0 Å². The van der Waals surface area contributed by atoms with Crippen molar-refractivity contribution in [3.05, 3.63) is 27.7 Å². The van der Waals surface area contributed by atoms with Crippen molar-refractivity contribution in [1.82, 2.24) is 0 Å². The molecule has 0 fully saturated rings. The number of benzene rings is 1. The summed E-state index contributed by atoms with van der Waals surface area (Å²) >= 11 is 3.41. The molecule has 2 rings (SSSR count). The van der Waals surface area contributed by atoms with E-state index in [1.54, 1.807) is 0 Å². The van der Waals surface area contributed by atoms with Crippen LogP contribution in [0.2, 0.25) is 0 Å². The van der Waals surface area contributed by atoms with Crippen LogP contribution in [-0.4, -0.2) is 19.6 Å². The second-order valence-corrected chi connectivity index (χ2v) is 5.43. The molecule has 0 saturated carbocycles. The molecule has 0 spiro atoms. The summed E-state index contributed by atoms with van der Waals surface area (Å²) < 4.78 is 5.63. The Balaban J connectivity index is 2.69. The minimum absolute atomic E-state index is 0.0529. The molecular formula is C12H14BrNO2. The largest absolute Gasteiger partial charge is 0.465 e. The molecule has 0 atom stereocenters. The van der Waals surface area contributed by atoms with Gasteiger partial charge >= 0.3 is 5.97 Å². The van der Waals surface area contributed by atoms with Gasteiger partial charge in [-0.1, -0.05) is 13.8 Å². The number of ether oxygens (including phenoxy) is 1. The van der Waals surface area contributed by atoms with Crippen molar-refractivity contribution in [2.45, 2.75) is 19.3 Å². The Hall–Kier alpha value is -1.03. The van der Waals surface area contributed by atoms with Crippen LogP contribution >= 0.6 is 15.9 Å². The van der Waals surface area contributed by atoms with Crippen molar-refractivity contribution in [3.63, 3.8) is 0 Å². The predicted octanol–water partition coefficient (Wildman–Crippen LogP) is 2.94. The van der Waals surface area contributed by atoms with Crippen LogP contribution < -0.4 is 5.32 Å². The van der Waals surface area contributed by atoms with Crippen molar-refractivity contribution >= 4 is 27.6 Å². The summed E-state index contributed by atoms with van der Waals surface area (Å²) in [4.78, 5) is 11.8. The molecule has 0 radical (unpaired) electrons. The summed E-state index contributed by atoms with van der Waals surface area (Å²) in [7, 11) is 1.41. The topological polar surface area (TPSA) is 38.3 Å². The fraction of sp³-hybridized carbons (Fsp3) is 0.417. The van der Waals surface area contributed by atoms with Crippen LogP contribution in [0.3, 0.4) is 0 Å². The zero-order valence-electron chi connectivity index (χ0n) is 9.56. The van der Waals surface area contributed by atoms with E-state index in [1.807, 2.05) is 12.1 Å². The van der Waals surface area contributed by atoms with E-state index in [2.05, 4.69) is 35.1 Å². The fourth-order valence-corrected chi connectivity index (χ4v) is 2.63. The highest BCUT2D eigenvalue weighted by atomic mass is 79.9. The number of nitrogens with one attached hydrogen (secondary N) is 1. The van der Waals surface area contributed by atoms with E-state index in [-0.39, 0.29) is 11.4 Å². The van der Waals surface area contributed by atoms with Gasteiger partial charge in [-0.15, -0.1) is 0 Å². The molecule has 1 heterocycles. The second kappa shape index (κ2) is 3.77. The Morgan fingerprint density at radius 2 is 2.19 bits per heavy atom.